The Morgan fingerprint density at radius 2 is 2.45 bits per heavy atom. The van der Waals surface area contributed by atoms with E-state index in [9.17, 15) is 0 Å². The Hall–Kier alpha value is -0.230. The molecule has 1 atom stereocenters. The van der Waals surface area contributed by atoms with Gasteiger partial charge in [0.25, 0.3) is 0 Å². The van der Waals surface area contributed by atoms with Crippen LogP contribution in [0.15, 0.2) is 22.8 Å². The summed E-state index contributed by atoms with van der Waals surface area (Å²) >= 11 is 5.64. The average Bonchev–Trinajstić information content (AvgIpc) is 2.05. The molecule has 62 valence electrons. The normalized spacial score (nSPS) is 26.6. The Bertz CT molecular complexity index is 189. The van der Waals surface area contributed by atoms with Crippen molar-refractivity contribution in [2.45, 2.75) is 33.1 Å². The van der Waals surface area contributed by atoms with Gasteiger partial charge in [-0.15, -0.1) is 0 Å². The fourth-order valence-electron chi connectivity index (χ4n) is 1.47. The van der Waals surface area contributed by atoms with Crippen LogP contribution in [0.3, 0.4) is 0 Å². The molecule has 1 rings (SSSR count). The van der Waals surface area contributed by atoms with Crippen molar-refractivity contribution in [3.63, 3.8) is 0 Å². The maximum atomic E-state index is 5.64. The summed E-state index contributed by atoms with van der Waals surface area (Å²) < 4.78 is 0. The van der Waals surface area contributed by atoms with Gasteiger partial charge in [-0.2, -0.15) is 0 Å². The Balaban J connectivity index is 2.54. The first-order valence-corrected chi connectivity index (χ1v) is 4.60. The molecule has 1 heteroatoms. The van der Waals surface area contributed by atoms with Gasteiger partial charge in [0.05, 0.1) is 0 Å². The summed E-state index contributed by atoms with van der Waals surface area (Å²) in [6.07, 6.45) is 6.03. The number of hydrogen-bond donors (Lipinski definition) is 0. The van der Waals surface area contributed by atoms with Crippen molar-refractivity contribution in [1.82, 2.24) is 0 Å². The lowest BCUT2D eigenvalue weighted by atomic mass is 9.86. The van der Waals surface area contributed by atoms with Crippen LogP contribution in [0.4, 0.5) is 0 Å². The van der Waals surface area contributed by atoms with E-state index in [1.807, 2.05) is 0 Å². The molecule has 0 aromatic rings. The lowest BCUT2D eigenvalue weighted by Crippen LogP contribution is -2.05. The highest BCUT2D eigenvalue weighted by Crippen LogP contribution is 2.28. The van der Waals surface area contributed by atoms with Gasteiger partial charge in [-0.1, -0.05) is 28.8 Å². The zero-order chi connectivity index (χ0) is 8.27. The first-order valence-electron chi connectivity index (χ1n) is 4.16. The summed E-state index contributed by atoms with van der Waals surface area (Å²) in [5, 5.41) is 0. The van der Waals surface area contributed by atoms with Crippen LogP contribution in [0.2, 0.25) is 0 Å². The van der Waals surface area contributed by atoms with Crippen molar-refractivity contribution in [2.75, 3.05) is 0 Å². The SMILES string of the molecule is CC1=CCC(/C(C)=C/Cl)CC1. The predicted octanol–water partition coefficient (Wildman–Crippen LogP) is 3.88. The van der Waals surface area contributed by atoms with Gasteiger partial charge in [-0.05, 0) is 39.0 Å². The van der Waals surface area contributed by atoms with Crippen molar-refractivity contribution in [2.24, 2.45) is 5.92 Å². The van der Waals surface area contributed by atoms with E-state index in [4.69, 9.17) is 11.6 Å². The molecule has 0 radical (unpaired) electrons. The maximum absolute atomic E-state index is 5.64. The maximum Gasteiger partial charge on any atom is 0.00346 e. The van der Waals surface area contributed by atoms with E-state index in [0.717, 1.165) is 0 Å². The zero-order valence-electron chi connectivity index (χ0n) is 7.23. The van der Waals surface area contributed by atoms with Gasteiger partial charge in [0, 0.05) is 5.54 Å². The lowest BCUT2D eigenvalue weighted by Gasteiger charge is -2.20. The molecule has 0 fully saturated rings. The van der Waals surface area contributed by atoms with E-state index in [1.165, 1.54) is 30.4 Å². The number of hydrogen-bond acceptors (Lipinski definition) is 0. The molecule has 0 spiro atoms. The van der Waals surface area contributed by atoms with Crippen LogP contribution < -0.4 is 0 Å². The number of allylic oxidation sites excluding steroid dienone is 3. The molecule has 0 bridgehead atoms. The van der Waals surface area contributed by atoms with E-state index in [0.29, 0.717) is 5.92 Å². The molecular formula is C10H15Cl. The molecule has 0 aromatic carbocycles. The summed E-state index contributed by atoms with van der Waals surface area (Å²) in [5.41, 5.74) is 4.58. The molecule has 0 heterocycles. The van der Waals surface area contributed by atoms with E-state index in [1.54, 1.807) is 5.54 Å². The Kier molecular flexibility index (Phi) is 3.19. The van der Waals surface area contributed by atoms with E-state index >= 15 is 0 Å². The van der Waals surface area contributed by atoms with Crippen LogP contribution in [0.1, 0.15) is 33.1 Å². The van der Waals surface area contributed by atoms with Gasteiger partial charge in [0.1, 0.15) is 0 Å². The molecule has 0 saturated heterocycles. The quantitative estimate of drug-likeness (QED) is 0.524. The van der Waals surface area contributed by atoms with Crippen LogP contribution in [0, 0.1) is 5.92 Å². The molecular weight excluding hydrogens is 156 g/mol. The van der Waals surface area contributed by atoms with Crippen molar-refractivity contribution in [1.29, 1.82) is 0 Å². The number of halogens is 1. The highest BCUT2D eigenvalue weighted by atomic mass is 35.5. The fourth-order valence-corrected chi connectivity index (χ4v) is 1.65. The minimum Gasteiger partial charge on any atom is -0.0930 e. The van der Waals surface area contributed by atoms with Crippen LogP contribution in [-0.2, 0) is 0 Å². The minimum absolute atomic E-state index is 0.705. The molecule has 0 aromatic heterocycles. The molecule has 0 saturated carbocycles. The fraction of sp³-hybridized carbons (Fsp3) is 0.600. The lowest BCUT2D eigenvalue weighted by molar-refractivity contribution is 0.540. The standard InChI is InChI=1S/C10H15Cl/c1-8-3-5-10(6-4-8)9(2)7-11/h3,7,10H,4-6H2,1-2H3/b9-7+. The summed E-state index contributed by atoms with van der Waals surface area (Å²) in [5.74, 6) is 0.705. The van der Waals surface area contributed by atoms with Gasteiger partial charge in [-0.3, -0.25) is 0 Å². The van der Waals surface area contributed by atoms with Crippen LogP contribution in [0.25, 0.3) is 0 Å². The zero-order valence-corrected chi connectivity index (χ0v) is 7.99. The van der Waals surface area contributed by atoms with E-state index in [2.05, 4.69) is 19.9 Å². The third kappa shape index (κ3) is 2.37. The topological polar surface area (TPSA) is 0 Å². The first-order chi connectivity index (χ1) is 5.24. The van der Waals surface area contributed by atoms with E-state index in [-0.39, 0.29) is 0 Å². The Morgan fingerprint density at radius 3 is 2.91 bits per heavy atom. The van der Waals surface area contributed by atoms with Gasteiger partial charge in [-0.25, -0.2) is 0 Å². The molecule has 1 unspecified atom stereocenters. The highest BCUT2D eigenvalue weighted by Gasteiger charge is 2.13. The first kappa shape index (κ1) is 8.86. The monoisotopic (exact) mass is 170 g/mol. The van der Waals surface area contributed by atoms with Gasteiger partial charge >= 0.3 is 0 Å². The van der Waals surface area contributed by atoms with Crippen molar-refractivity contribution in [3.8, 4) is 0 Å². The van der Waals surface area contributed by atoms with Crippen molar-refractivity contribution in [3.05, 3.63) is 22.8 Å². The third-order valence-corrected chi connectivity index (χ3v) is 2.80. The molecule has 0 nitrogen and oxygen atoms in total. The van der Waals surface area contributed by atoms with Crippen LogP contribution in [0.5, 0.6) is 0 Å². The average molecular weight is 171 g/mol. The molecule has 0 aliphatic heterocycles. The summed E-state index contributed by atoms with van der Waals surface area (Å²) in [4.78, 5) is 0. The van der Waals surface area contributed by atoms with Crippen LogP contribution in [-0.4, -0.2) is 0 Å². The third-order valence-electron chi connectivity index (χ3n) is 2.45. The predicted molar refractivity (Wildman–Crippen MR) is 50.7 cm³/mol. The second-order valence-corrected chi connectivity index (χ2v) is 3.59. The summed E-state index contributed by atoms with van der Waals surface area (Å²) in [7, 11) is 0. The number of rotatable bonds is 1. The van der Waals surface area contributed by atoms with Gasteiger partial charge in [0.2, 0.25) is 0 Å². The Labute approximate surface area is 73.9 Å². The second kappa shape index (κ2) is 3.96. The van der Waals surface area contributed by atoms with E-state index < -0.39 is 0 Å². The smallest absolute Gasteiger partial charge is 0.00346 e. The second-order valence-electron chi connectivity index (χ2n) is 3.37. The molecule has 1 aliphatic carbocycles. The minimum atomic E-state index is 0.705. The largest absolute Gasteiger partial charge is 0.0930 e. The summed E-state index contributed by atoms with van der Waals surface area (Å²) in [6, 6.07) is 0. The van der Waals surface area contributed by atoms with Gasteiger partial charge < -0.3 is 0 Å². The van der Waals surface area contributed by atoms with Crippen molar-refractivity contribution >= 4 is 11.6 Å². The summed E-state index contributed by atoms with van der Waals surface area (Å²) in [6.45, 7) is 4.32. The van der Waals surface area contributed by atoms with Crippen molar-refractivity contribution < 1.29 is 0 Å². The Morgan fingerprint density at radius 1 is 1.73 bits per heavy atom. The highest BCUT2D eigenvalue weighted by molar-refractivity contribution is 6.25. The molecule has 0 amide bonds. The molecule has 0 N–H and O–H groups in total. The molecule has 1 aliphatic rings. The molecule has 11 heavy (non-hydrogen) atoms. The van der Waals surface area contributed by atoms with Gasteiger partial charge in [0.15, 0.2) is 0 Å². The van der Waals surface area contributed by atoms with Crippen LogP contribution >= 0.6 is 11.6 Å².